The number of nitrogens with zero attached hydrogens (tertiary/aromatic N) is 1. The van der Waals surface area contributed by atoms with E-state index < -0.39 is 5.54 Å². The Hall–Kier alpha value is -0.650. The second-order valence-corrected chi connectivity index (χ2v) is 3.91. The lowest BCUT2D eigenvalue weighted by atomic mass is 9.98. The summed E-state index contributed by atoms with van der Waals surface area (Å²) in [5, 5.41) is 8.91. The van der Waals surface area contributed by atoms with E-state index in [0.717, 1.165) is 0 Å². The molecule has 0 aromatic carbocycles. The van der Waals surface area contributed by atoms with Crippen LogP contribution in [0, 0.1) is 0 Å². The van der Waals surface area contributed by atoms with E-state index in [4.69, 9.17) is 15.6 Å². The van der Waals surface area contributed by atoms with Crippen molar-refractivity contribution in [3.05, 3.63) is 0 Å². The van der Waals surface area contributed by atoms with Crippen LogP contribution in [0.25, 0.3) is 0 Å². The van der Waals surface area contributed by atoms with Crippen LogP contribution in [-0.4, -0.2) is 54.4 Å². The van der Waals surface area contributed by atoms with Gasteiger partial charge in [0.1, 0.15) is 5.54 Å². The zero-order valence-electron chi connectivity index (χ0n) is 8.69. The van der Waals surface area contributed by atoms with Crippen molar-refractivity contribution in [3.8, 4) is 0 Å². The Morgan fingerprint density at radius 3 is 2.86 bits per heavy atom. The summed E-state index contributed by atoms with van der Waals surface area (Å²) in [7, 11) is 1.65. The lowest BCUT2D eigenvalue weighted by Gasteiger charge is -2.31. The third-order valence-corrected chi connectivity index (χ3v) is 2.72. The van der Waals surface area contributed by atoms with Gasteiger partial charge < -0.3 is 20.5 Å². The molecule has 1 saturated heterocycles. The van der Waals surface area contributed by atoms with E-state index in [0.29, 0.717) is 13.0 Å². The molecule has 1 rings (SSSR count). The van der Waals surface area contributed by atoms with Gasteiger partial charge in [0.2, 0.25) is 5.91 Å². The monoisotopic (exact) mass is 202 g/mol. The Kier molecular flexibility index (Phi) is 3.47. The zero-order valence-corrected chi connectivity index (χ0v) is 8.69. The third-order valence-electron chi connectivity index (χ3n) is 2.72. The molecule has 82 valence electrons. The predicted octanol–water partition coefficient (Wildman–Crippen LogP) is -1.06. The number of rotatable bonds is 3. The number of carbonyl (C=O) groups excluding carboxylic acids is 1. The minimum atomic E-state index is -0.891. The molecule has 5 heteroatoms. The summed E-state index contributed by atoms with van der Waals surface area (Å²) >= 11 is 0. The first kappa shape index (κ1) is 11.4. The molecule has 1 aliphatic rings. The first-order valence-corrected chi connectivity index (χ1v) is 4.76. The van der Waals surface area contributed by atoms with Crippen molar-refractivity contribution >= 4 is 5.91 Å². The topological polar surface area (TPSA) is 75.8 Å². The number of ether oxygens (including phenoxy) is 1. The van der Waals surface area contributed by atoms with Gasteiger partial charge in [-0.15, -0.1) is 0 Å². The highest BCUT2D eigenvalue weighted by Crippen LogP contribution is 2.18. The number of carbonyl (C=O) groups is 1. The van der Waals surface area contributed by atoms with Crippen molar-refractivity contribution in [2.45, 2.75) is 24.9 Å². The van der Waals surface area contributed by atoms with Gasteiger partial charge in [-0.2, -0.15) is 0 Å². The van der Waals surface area contributed by atoms with E-state index in [9.17, 15) is 4.79 Å². The number of nitrogens with two attached hydrogens (primary N) is 1. The van der Waals surface area contributed by atoms with Gasteiger partial charge in [-0.25, -0.2) is 0 Å². The third kappa shape index (κ3) is 2.05. The maximum Gasteiger partial charge on any atom is 0.245 e. The lowest BCUT2D eigenvalue weighted by Crippen LogP contribution is -2.57. The molecule has 1 amide bonds. The molecule has 0 aliphatic carbocycles. The summed E-state index contributed by atoms with van der Waals surface area (Å²) in [5.41, 5.74) is 5.01. The smallest absolute Gasteiger partial charge is 0.245 e. The Bertz CT molecular complexity index is 214. The Labute approximate surface area is 83.8 Å². The van der Waals surface area contributed by atoms with Gasteiger partial charge in [-0.1, -0.05) is 0 Å². The molecule has 2 unspecified atom stereocenters. The SMILES string of the molecule is CC(CO)N(C)C(=O)C1(N)CCOC1. The van der Waals surface area contributed by atoms with Crippen molar-refractivity contribution in [1.29, 1.82) is 0 Å². The van der Waals surface area contributed by atoms with Crippen LogP contribution in [-0.2, 0) is 9.53 Å². The van der Waals surface area contributed by atoms with Crippen LogP contribution in [0.4, 0.5) is 0 Å². The van der Waals surface area contributed by atoms with Crippen molar-refractivity contribution < 1.29 is 14.6 Å². The summed E-state index contributed by atoms with van der Waals surface area (Å²) in [6.07, 6.45) is 0.550. The maximum absolute atomic E-state index is 11.9. The molecule has 0 aromatic rings. The number of amides is 1. The van der Waals surface area contributed by atoms with Crippen LogP contribution in [0.15, 0.2) is 0 Å². The second kappa shape index (κ2) is 4.25. The molecule has 2 atom stereocenters. The standard InChI is InChI=1S/C9H18N2O3/c1-7(5-12)11(2)8(13)9(10)3-4-14-6-9/h7,12H,3-6,10H2,1-2H3. The Morgan fingerprint density at radius 2 is 2.43 bits per heavy atom. The quantitative estimate of drug-likeness (QED) is 0.612. The molecular weight excluding hydrogens is 184 g/mol. The van der Waals surface area contributed by atoms with Gasteiger partial charge in [-0.3, -0.25) is 4.79 Å². The molecule has 1 fully saturated rings. The fourth-order valence-corrected chi connectivity index (χ4v) is 1.42. The average Bonchev–Trinajstić information content (AvgIpc) is 2.63. The van der Waals surface area contributed by atoms with Crippen molar-refractivity contribution in [1.82, 2.24) is 4.90 Å². The van der Waals surface area contributed by atoms with Crippen molar-refractivity contribution in [2.24, 2.45) is 5.73 Å². The largest absolute Gasteiger partial charge is 0.394 e. The number of likely N-dealkylation sites (N-methyl/N-ethyl adjacent to an activating group) is 1. The van der Waals surface area contributed by atoms with Crippen molar-refractivity contribution in [3.63, 3.8) is 0 Å². The Balaban J connectivity index is 2.63. The molecule has 5 nitrogen and oxygen atoms in total. The number of hydrogen-bond donors (Lipinski definition) is 2. The minimum absolute atomic E-state index is 0.0564. The van der Waals surface area contributed by atoms with E-state index in [2.05, 4.69) is 0 Å². The van der Waals surface area contributed by atoms with Gasteiger partial charge in [0.25, 0.3) is 0 Å². The zero-order chi connectivity index (χ0) is 10.8. The molecule has 0 spiro atoms. The summed E-state index contributed by atoms with van der Waals surface area (Å²) in [4.78, 5) is 13.4. The fraction of sp³-hybridized carbons (Fsp3) is 0.889. The van der Waals surface area contributed by atoms with Crippen LogP contribution in [0.3, 0.4) is 0 Å². The highest BCUT2D eigenvalue weighted by atomic mass is 16.5. The number of aliphatic hydroxyl groups excluding tert-OH is 1. The highest BCUT2D eigenvalue weighted by molar-refractivity contribution is 5.86. The molecule has 0 aromatic heterocycles. The van der Waals surface area contributed by atoms with Gasteiger partial charge in [-0.05, 0) is 13.3 Å². The first-order chi connectivity index (χ1) is 6.51. The number of aliphatic hydroxyl groups is 1. The van der Waals surface area contributed by atoms with Gasteiger partial charge in [0.05, 0.1) is 19.3 Å². The first-order valence-electron chi connectivity index (χ1n) is 4.76. The van der Waals surface area contributed by atoms with E-state index in [-0.39, 0.29) is 25.2 Å². The lowest BCUT2D eigenvalue weighted by molar-refractivity contribution is -0.138. The predicted molar refractivity (Wildman–Crippen MR) is 51.7 cm³/mol. The second-order valence-electron chi connectivity index (χ2n) is 3.91. The highest BCUT2D eigenvalue weighted by Gasteiger charge is 2.40. The van der Waals surface area contributed by atoms with Gasteiger partial charge >= 0.3 is 0 Å². The molecule has 0 saturated carbocycles. The normalized spacial score (nSPS) is 28.9. The van der Waals surface area contributed by atoms with Crippen LogP contribution in [0.2, 0.25) is 0 Å². The van der Waals surface area contributed by atoms with Gasteiger partial charge in [0.15, 0.2) is 0 Å². The molecular formula is C9H18N2O3. The molecule has 1 aliphatic heterocycles. The van der Waals surface area contributed by atoms with E-state index in [1.165, 1.54) is 4.90 Å². The summed E-state index contributed by atoms with van der Waals surface area (Å²) in [6, 6.07) is -0.205. The molecule has 0 bridgehead atoms. The molecule has 1 heterocycles. The van der Waals surface area contributed by atoms with Crippen molar-refractivity contribution in [2.75, 3.05) is 26.9 Å². The van der Waals surface area contributed by atoms with Crippen LogP contribution < -0.4 is 5.73 Å². The molecule has 3 N–H and O–H groups in total. The molecule has 14 heavy (non-hydrogen) atoms. The van der Waals surface area contributed by atoms with E-state index >= 15 is 0 Å². The van der Waals surface area contributed by atoms with Gasteiger partial charge in [0, 0.05) is 13.7 Å². The summed E-state index contributed by atoms with van der Waals surface area (Å²) in [6.45, 7) is 2.52. The number of hydrogen-bond acceptors (Lipinski definition) is 4. The minimum Gasteiger partial charge on any atom is -0.394 e. The molecule has 0 radical (unpaired) electrons. The van der Waals surface area contributed by atoms with E-state index in [1.807, 2.05) is 0 Å². The van der Waals surface area contributed by atoms with Crippen LogP contribution in [0.5, 0.6) is 0 Å². The van der Waals surface area contributed by atoms with E-state index in [1.54, 1.807) is 14.0 Å². The summed E-state index contributed by atoms with van der Waals surface area (Å²) in [5.74, 6) is -0.156. The average molecular weight is 202 g/mol. The van der Waals surface area contributed by atoms with Crippen LogP contribution >= 0.6 is 0 Å². The maximum atomic E-state index is 11.9. The Morgan fingerprint density at radius 1 is 1.79 bits per heavy atom. The van der Waals surface area contributed by atoms with Crippen LogP contribution in [0.1, 0.15) is 13.3 Å². The fourth-order valence-electron chi connectivity index (χ4n) is 1.42. The summed E-state index contributed by atoms with van der Waals surface area (Å²) < 4.78 is 5.11.